The van der Waals surface area contributed by atoms with Crippen LogP contribution in [0, 0.1) is 0 Å². The van der Waals surface area contributed by atoms with Gasteiger partial charge in [-0.05, 0) is 64.0 Å². The Hall–Kier alpha value is -2.80. The molecule has 0 aromatic heterocycles. The van der Waals surface area contributed by atoms with E-state index >= 15 is 0 Å². The molecule has 26 heavy (non-hydrogen) atoms. The van der Waals surface area contributed by atoms with Gasteiger partial charge in [0, 0.05) is 11.8 Å². The molecule has 2 rings (SSSR count). The number of carbonyl (C=O) groups is 2. The Morgan fingerprint density at radius 3 is 2.31 bits per heavy atom. The van der Waals surface area contributed by atoms with Crippen LogP contribution in [0.5, 0.6) is 11.5 Å². The van der Waals surface area contributed by atoms with E-state index < -0.39 is 5.97 Å². The summed E-state index contributed by atoms with van der Waals surface area (Å²) in [6, 6.07) is 10.00. The summed E-state index contributed by atoms with van der Waals surface area (Å²) in [5.41, 5.74) is 1.75. The van der Waals surface area contributed by atoms with E-state index in [1.54, 1.807) is 50.6 Å². The second-order valence-corrected chi connectivity index (χ2v) is 5.98. The van der Waals surface area contributed by atoms with Gasteiger partial charge in [-0.3, -0.25) is 4.79 Å². The molecule has 0 fully saturated rings. The van der Waals surface area contributed by atoms with Crippen molar-refractivity contribution in [3.8, 4) is 11.5 Å². The summed E-state index contributed by atoms with van der Waals surface area (Å²) in [6.07, 6.45) is 3.06. The van der Waals surface area contributed by atoms with Crippen molar-refractivity contribution in [2.45, 2.75) is 0 Å². The van der Waals surface area contributed by atoms with E-state index in [4.69, 9.17) is 9.47 Å². The van der Waals surface area contributed by atoms with Gasteiger partial charge in [-0.2, -0.15) is 0 Å². The number of hydrogen-bond donors (Lipinski definition) is 1. The summed E-state index contributed by atoms with van der Waals surface area (Å²) in [5.74, 6) is 0.406. The number of amides is 1. The Kier molecular flexibility index (Phi) is 6.80. The molecule has 0 saturated heterocycles. The molecule has 0 bridgehead atoms. The van der Waals surface area contributed by atoms with Crippen LogP contribution in [0.4, 0.5) is 5.69 Å². The highest BCUT2D eigenvalue weighted by Gasteiger charge is 2.09. The molecule has 2 aromatic rings. The zero-order valence-electron chi connectivity index (χ0n) is 14.5. The molecule has 0 heterocycles. The molecule has 0 aliphatic carbocycles. The van der Waals surface area contributed by atoms with E-state index in [-0.39, 0.29) is 5.91 Å². The van der Waals surface area contributed by atoms with E-state index in [9.17, 15) is 9.59 Å². The van der Waals surface area contributed by atoms with Crippen LogP contribution in [0.3, 0.4) is 0 Å². The molecule has 0 spiro atoms. The topological polar surface area (TPSA) is 73.9 Å². The molecule has 136 valence electrons. The number of ether oxygens (including phenoxy) is 3. The molecule has 0 aliphatic heterocycles. The minimum Gasteiger partial charge on any atom is -0.493 e. The van der Waals surface area contributed by atoms with E-state index in [0.717, 1.165) is 10.0 Å². The second-order valence-electron chi connectivity index (χ2n) is 5.13. The summed E-state index contributed by atoms with van der Waals surface area (Å²) < 4.78 is 15.9. The maximum Gasteiger partial charge on any atom is 0.337 e. The lowest BCUT2D eigenvalue weighted by atomic mass is 10.2. The molecule has 0 aliphatic rings. The van der Waals surface area contributed by atoms with Crippen LogP contribution in [0.2, 0.25) is 0 Å². The van der Waals surface area contributed by atoms with Gasteiger partial charge in [0.15, 0.2) is 11.5 Å². The Bertz CT molecular complexity index is 831. The minimum atomic E-state index is -0.429. The third kappa shape index (κ3) is 4.86. The number of esters is 1. The van der Waals surface area contributed by atoms with E-state index in [1.165, 1.54) is 13.2 Å². The molecule has 7 heteroatoms. The van der Waals surface area contributed by atoms with Crippen molar-refractivity contribution in [1.82, 2.24) is 0 Å². The molecule has 0 unspecified atom stereocenters. The smallest absolute Gasteiger partial charge is 0.337 e. The van der Waals surface area contributed by atoms with E-state index in [2.05, 4.69) is 26.0 Å². The summed E-state index contributed by atoms with van der Waals surface area (Å²) in [5, 5.41) is 2.72. The monoisotopic (exact) mass is 419 g/mol. The lowest BCUT2D eigenvalue weighted by molar-refractivity contribution is -0.111. The Morgan fingerprint density at radius 2 is 1.73 bits per heavy atom. The lowest BCUT2D eigenvalue weighted by Gasteiger charge is -2.10. The Balaban J connectivity index is 2.07. The maximum absolute atomic E-state index is 12.1. The van der Waals surface area contributed by atoms with Gasteiger partial charge in [-0.1, -0.05) is 0 Å². The highest BCUT2D eigenvalue weighted by atomic mass is 79.9. The number of methoxy groups -OCH3 is 3. The third-order valence-electron chi connectivity index (χ3n) is 3.46. The van der Waals surface area contributed by atoms with Crippen LogP contribution < -0.4 is 14.8 Å². The predicted molar refractivity (Wildman–Crippen MR) is 103 cm³/mol. The molecule has 2 aromatic carbocycles. The zero-order chi connectivity index (χ0) is 19.1. The standard InChI is InChI=1S/C19H18BrNO5/c1-24-16-11-12(10-15(20)18(16)25-2)4-9-17(22)21-14-7-5-13(6-8-14)19(23)26-3/h4-11H,1-3H3,(H,21,22). The highest BCUT2D eigenvalue weighted by molar-refractivity contribution is 9.10. The van der Waals surface area contributed by atoms with Gasteiger partial charge in [0.25, 0.3) is 0 Å². The van der Waals surface area contributed by atoms with Crippen LogP contribution in [-0.4, -0.2) is 33.2 Å². The predicted octanol–water partition coefficient (Wildman–Crippen LogP) is 3.90. The van der Waals surface area contributed by atoms with Crippen LogP contribution >= 0.6 is 15.9 Å². The Labute approximate surface area is 159 Å². The largest absolute Gasteiger partial charge is 0.493 e. The molecule has 0 radical (unpaired) electrons. The van der Waals surface area contributed by atoms with Gasteiger partial charge in [0.2, 0.25) is 5.91 Å². The zero-order valence-corrected chi connectivity index (χ0v) is 16.1. The fourth-order valence-electron chi connectivity index (χ4n) is 2.20. The van der Waals surface area contributed by atoms with E-state index in [0.29, 0.717) is 22.7 Å². The third-order valence-corrected chi connectivity index (χ3v) is 4.05. The van der Waals surface area contributed by atoms with Gasteiger partial charge in [-0.15, -0.1) is 0 Å². The van der Waals surface area contributed by atoms with Crippen LogP contribution in [0.25, 0.3) is 6.08 Å². The normalized spacial score (nSPS) is 10.5. The average Bonchev–Trinajstić information content (AvgIpc) is 2.65. The first kappa shape index (κ1) is 19.5. The average molecular weight is 420 g/mol. The van der Waals surface area contributed by atoms with Crippen molar-refractivity contribution in [1.29, 1.82) is 0 Å². The lowest BCUT2D eigenvalue weighted by Crippen LogP contribution is -2.08. The maximum atomic E-state index is 12.1. The highest BCUT2D eigenvalue weighted by Crippen LogP contribution is 2.36. The van der Waals surface area contributed by atoms with Crippen LogP contribution in [0.15, 0.2) is 46.9 Å². The first-order chi connectivity index (χ1) is 12.5. The number of nitrogens with one attached hydrogen (secondary N) is 1. The molecule has 1 N–H and O–H groups in total. The number of carbonyl (C=O) groups excluding carboxylic acids is 2. The molecule has 0 atom stereocenters. The number of halogens is 1. The summed E-state index contributed by atoms with van der Waals surface area (Å²) >= 11 is 3.41. The van der Waals surface area contributed by atoms with Gasteiger partial charge in [-0.25, -0.2) is 4.79 Å². The second kappa shape index (κ2) is 9.05. The van der Waals surface area contributed by atoms with Crippen molar-refractivity contribution in [2.75, 3.05) is 26.6 Å². The summed E-state index contributed by atoms with van der Waals surface area (Å²) in [7, 11) is 4.41. The van der Waals surface area contributed by atoms with Gasteiger partial charge in [0.05, 0.1) is 31.4 Å². The first-order valence-corrected chi connectivity index (χ1v) is 8.36. The van der Waals surface area contributed by atoms with Gasteiger partial charge < -0.3 is 19.5 Å². The van der Waals surface area contributed by atoms with Crippen LogP contribution in [0.1, 0.15) is 15.9 Å². The van der Waals surface area contributed by atoms with Gasteiger partial charge >= 0.3 is 5.97 Å². The number of hydrogen-bond acceptors (Lipinski definition) is 5. The SMILES string of the molecule is COC(=O)c1ccc(NC(=O)C=Cc2cc(Br)c(OC)c(OC)c2)cc1. The summed E-state index contributed by atoms with van der Waals surface area (Å²) in [6.45, 7) is 0. The number of rotatable bonds is 6. The number of benzene rings is 2. The fourth-order valence-corrected chi connectivity index (χ4v) is 2.82. The van der Waals surface area contributed by atoms with Crippen molar-refractivity contribution >= 4 is 39.6 Å². The van der Waals surface area contributed by atoms with Crippen molar-refractivity contribution in [2.24, 2.45) is 0 Å². The molecule has 1 amide bonds. The number of anilines is 1. The molecule has 6 nitrogen and oxygen atoms in total. The fraction of sp³-hybridized carbons (Fsp3) is 0.158. The van der Waals surface area contributed by atoms with Crippen LogP contribution in [-0.2, 0) is 9.53 Å². The summed E-state index contributed by atoms with van der Waals surface area (Å²) in [4.78, 5) is 23.5. The van der Waals surface area contributed by atoms with Crippen molar-refractivity contribution < 1.29 is 23.8 Å². The Morgan fingerprint density at radius 1 is 1.04 bits per heavy atom. The quantitative estimate of drug-likeness (QED) is 0.567. The molecular weight excluding hydrogens is 402 g/mol. The van der Waals surface area contributed by atoms with Crippen molar-refractivity contribution in [3.05, 3.63) is 58.1 Å². The van der Waals surface area contributed by atoms with Gasteiger partial charge in [0.1, 0.15) is 0 Å². The molecular formula is C19H18BrNO5. The first-order valence-electron chi connectivity index (χ1n) is 7.57. The molecule has 0 saturated carbocycles. The van der Waals surface area contributed by atoms with E-state index in [1.807, 2.05) is 6.07 Å². The van der Waals surface area contributed by atoms with Crippen molar-refractivity contribution in [3.63, 3.8) is 0 Å². The minimum absolute atomic E-state index is 0.304.